The molecule has 252 valence electrons. The van der Waals surface area contributed by atoms with E-state index >= 15 is 0 Å². The molecule has 0 saturated heterocycles. The van der Waals surface area contributed by atoms with Crippen LogP contribution in [0.1, 0.15) is 66.1 Å². The predicted molar refractivity (Wildman–Crippen MR) is 195 cm³/mol. The molecule has 0 saturated carbocycles. The third-order valence-corrected chi connectivity index (χ3v) is 9.57. The number of aromatic nitrogens is 1. The van der Waals surface area contributed by atoms with Gasteiger partial charge in [-0.15, -0.1) is 0 Å². The third-order valence-electron chi connectivity index (χ3n) is 8.31. The Kier molecular flexibility index (Phi) is 10.3. The molecule has 0 aliphatic carbocycles. The quantitative estimate of drug-likeness (QED) is 0.143. The largest absolute Gasteiger partial charge is 0.493 e. The first-order valence-electron chi connectivity index (χ1n) is 16.1. The summed E-state index contributed by atoms with van der Waals surface area (Å²) in [6.07, 6.45) is 1.73. The van der Waals surface area contributed by atoms with Crippen molar-refractivity contribution in [2.45, 2.75) is 39.3 Å². The van der Waals surface area contributed by atoms with Crippen molar-refractivity contribution in [3.05, 3.63) is 155 Å². The first-order valence-corrected chi connectivity index (χ1v) is 17.3. The summed E-state index contributed by atoms with van der Waals surface area (Å²) in [7, 11) is 1.52. The molecule has 6 rings (SSSR count). The third kappa shape index (κ3) is 6.99. The van der Waals surface area contributed by atoms with E-state index < -0.39 is 12.0 Å². The lowest BCUT2D eigenvalue weighted by Crippen LogP contribution is -2.40. The Morgan fingerprint density at radius 1 is 1.06 bits per heavy atom. The van der Waals surface area contributed by atoms with Gasteiger partial charge in [0.25, 0.3) is 5.56 Å². The van der Waals surface area contributed by atoms with E-state index in [9.17, 15) is 9.59 Å². The summed E-state index contributed by atoms with van der Waals surface area (Å²) in [5.41, 5.74) is 5.13. The second-order valence-electron chi connectivity index (χ2n) is 11.9. The van der Waals surface area contributed by atoms with Crippen molar-refractivity contribution in [2.75, 3.05) is 13.7 Å². The van der Waals surface area contributed by atoms with E-state index in [4.69, 9.17) is 36.1 Å². The van der Waals surface area contributed by atoms with Crippen molar-refractivity contribution in [2.24, 2.45) is 4.99 Å². The summed E-state index contributed by atoms with van der Waals surface area (Å²) in [4.78, 5) is 33.5. The summed E-state index contributed by atoms with van der Waals surface area (Å²) in [6, 6.07) is 29.3. The number of halogens is 1. The van der Waals surface area contributed by atoms with Crippen LogP contribution in [-0.4, -0.2) is 24.3 Å². The van der Waals surface area contributed by atoms with E-state index in [2.05, 4.69) is 19.9 Å². The number of carbonyl (C=O) groups excluding carboxylic acids is 1. The molecule has 5 aromatic rings. The molecule has 8 nitrogen and oxygen atoms in total. The zero-order valence-corrected chi connectivity index (χ0v) is 29.5. The van der Waals surface area contributed by atoms with Crippen LogP contribution in [-0.2, 0) is 16.1 Å². The zero-order chi connectivity index (χ0) is 35.4. The van der Waals surface area contributed by atoms with Gasteiger partial charge in [0.15, 0.2) is 16.3 Å². The van der Waals surface area contributed by atoms with Crippen LogP contribution in [0.4, 0.5) is 0 Å². The Morgan fingerprint density at radius 2 is 1.78 bits per heavy atom. The summed E-state index contributed by atoms with van der Waals surface area (Å²) in [6.45, 7) is 6.37. The minimum Gasteiger partial charge on any atom is -0.493 e. The standard InChI is InChI=1S/C40H34ClN3O5S/c1-5-48-39(46)34-35(29-9-7-6-8-10-29)43-40-44(36(34)30-17-15-28(16-18-30)24(2)3)38(45)33(50-40)21-27-19-31(41)37(32(20-27)47-4)49-23-26-13-11-25(22-42)12-14-26/h6-21,24,36H,5,23H2,1-4H3/b33-21-/t36-/m0/s1. The number of ether oxygens (including phenoxy) is 3. The Hall–Kier alpha value is -5.43. The molecule has 10 heteroatoms. The molecule has 1 atom stereocenters. The number of benzene rings is 4. The number of carbonyl (C=O) groups is 1. The fraction of sp³-hybridized carbons (Fsp3) is 0.200. The van der Waals surface area contributed by atoms with Crippen LogP contribution < -0.4 is 24.4 Å². The van der Waals surface area contributed by atoms with Crippen molar-refractivity contribution in [1.82, 2.24) is 4.57 Å². The number of rotatable bonds is 10. The van der Waals surface area contributed by atoms with Gasteiger partial charge in [0.05, 0.1) is 52.2 Å². The van der Waals surface area contributed by atoms with Gasteiger partial charge >= 0.3 is 5.97 Å². The summed E-state index contributed by atoms with van der Waals surface area (Å²) in [5, 5.41) is 9.38. The number of thiazole rings is 1. The number of hydrogen-bond acceptors (Lipinski definition) is 8. The number of hydrogen-bond donors (Lipinski definition) is 0. The SMILES string of the molecule is CCOC(=O)C1=C(c2ccccc2)N=c2s/c(=C\c3cc(Cl)c(OCc4ccc(C#N)cc4)c(OC)c3)c(=O)n2[C@H]1c1ccc(C(C)C)cc1. The molecule has 2 heterocycles. The van der Waals surface area contributed by atoms with Gasteiger partial charge in [0, 0.05) is 5.56 Å². The van der Waals surface area contributed by atoms with Crippen LogP contribution in [0.2, 0.25) is 5.02 Å². The van der Waals surface area contributed by atoms with Gasteiger partial charge < -0.3 is 14.2 Å². The minimum absolute atomic E-state index is 0.170. The topological polar surface area (TPSA) is 103 Å². The monoisotopic (exact) mass is 703 g/mol. The fourth-order valence-corrected chi connectivity index (χ4v) is 7.04. The van der Waals surface area contributed by atoms with Gasteiger partial charge in [-0.05, 0) is 65.4 Å². The van der Waals surface area contributed by atoms with Gasteiger partial charge in [-0.2, -0.15) is 5.26 Å². The normalized spacial score (nSPS) is 14.2. The molecular weight excluding hydrogens is 670 g/mol. The maximum atomic E-state index is 14.4. The molecule has 50 heavy (non-hydrogen) atoms. The van der Waals surface area contributed by atoms with E-state index in [1.54, 1.807) is 41.8 Å². The Balaban J connectivity index is 1.47. The van der Waals surface area contributed by atoms with Crippen molar-refractivity contribution < 1.29 is 19.0 Å². The molecule has 0 amide bonds. The van der Waals surface area contributed by atoms with Gasteiger partial charge in [-0.3, -0.25) is 9.36 Å². The molecule has 0 unspecified atom stereocenters. The Morgan fingerprint density at radius 3 is 2.42 bits per heavy atom. The van der Waals surface area contributed by atoms with E-state index in [-0.39, 0.29) is 18.8 Å². The minimum atomic E-state index is -0.778. The second kappa shape index (κ2) is 15.0. The van der Waals surface area contributed by atoms with Gasteiger partial charge in [-0.25, -0.2) is 9.79 Å². The molecule has 0 radical (unpaired) electrons. The Bertz CT molecular complexity index is 2300. The van der Waals surface area contributed by atoms with Crippen molar-refractivity contribution in [3.63, 3.8) is 0 Å². The van der Waals surface area contributed by atoms with Crippen LogP contribution in [0, 0.1) is 11.3 Å². The maximum Gasteiger partial charge on any atom is 0.338 e. The van der Waals surface area contributed by atoms with Crippen LogP contribution >= 0.6 is 22.9 Å². The molecular formula is C40H34ClN3O5S. The van der Waals surface area contributed by atoms with E-state index in [1.165, 1.54) is 18.4 Å². The zero-order valence-electron chi connectivity index (χ0n) is 28.0. The fourth-order valence-electron chi connectivity index (χ4n) is 5.76. The van der Waals surface area contributed by atoms with Gasteiger partial charge in [0.2, 0.25) is 0 Å². The van der Waals surface area contributed by atoms with Crippen molar-refractivity contribution in [3.8, 4) is 17.6 Å². The molecule has 4 aromatic carbocycles. The van der Waals surface area contributed by atoms with E-state index in [0.717, 1.165) is 22.3 Å². The molecule has 0 fully saturated rings. The lowest BCUT2D eigenvalue weighted by atomic mass is 9.91. The van der Waals surface area contributed by atoms with E-state index in [0.29, 0.717) is 54.2 Å². The average molecular weight is 704 g/mol. The number of esters is 1. The highest BCUT2D eigenvalue weighted by Crippen LogP contribution is 2.38. The summed E-state index contributed by atoms with van der Waals surface area (Å²) < 4.78 is 19.2. The lowest BCUT2D eigenvalue weighted by molar-refractivity contribution is -0.138. The van der Waals surface area contributed by atoms with Crippen LogP contribution in [0.5, 0.6) is 11.5 Å². The van der Waals surface area contributed by atoms with E-state index in [1.807, 2.05) is 66.7 Å². The molecule has 0 N–H and O–H groups in total. The lowest BCUT2D eigenvalue weighted by Gasteiger charge is -2.26. The molecule has 1 aliphatic rings. The maximum absolute atomic E-state index is 14.4. The van der Waals surface area contributed by atoms with Crippen molar-refractivity contribution >= 4 is 40.7 Å². The summed E-state index contributed by atoms with van der Waals surface area (Å²) >= 11 is 7.95. The number of nitrogens with zero attached hydrogens (tertiary/aromatic N) is 3. The van der Waals surface area contributed by atoms with Crippen LogP contribution in [0.25, 0.3) is 11.8 Å². The van der Waals surface area contributed by atoms with Gasteiger partial charge in [0.1, 0.15) is 6.61 Å². The highest BCUT2D eigenvalue weighted by Gasteiger charge is 2.35. The number of fused-ring (bicyclic) bond motifs is 1. The second-order valence-corrected chi connectivity index (χ2v) is 13.3. The van der Waals surface area contributed by atoms with Crippen LogP contribution in [0.15, 0.2) is 106 Å². The average Bonchev–Trinajstić information content (AvgIpc) is 3.44. The smallest absolute Gasteiger partial charge is 0.338 e. The summed E-state index contributed by atoms with van der Waals surface area (Å²) in [5.74, 6) is 0.524. The van der Waals surface area contributed by atoms with Crippen LogP contribution in [0.3, 0.4) is 0 Å². The predicted octanol–water partition coefficient (Wildman–Crippen LogP) is 7.17. The number of methoxy groups -OCH3 is 1. The highest BCUT2D eigenvalue weighted by atomic mass is 35.5. The van der Waals surface area contributed by atoms with Crippen molar-refractivity contribution in [1.29, 1.82) is 5.26 Å². The highest BCUT2D eigenvalue weighted by molar-refractivity contribution is 7.07. The molecule has 0 spiro atoms. The molecule has 1 aromatic heterocycles. The molecule has 0 bridgehead atoms. The first kappa shape index (κ1) is 34.4. The van der Waals surface area contributed by atoms with Gasteiger partial charge in [-0.1, -0.05) is 104 Å². The number of nitriles is 1. The molecule has 1 aliphatic heterocycles. The first-order chi connectivity index (χ1) is 24.2. The Labute approximate surface area is 298 Å².